The summed E-state index contributed by atoms with van der Waals surface area (Å²) in [5.41, 5.74) is -1.44. The Morgan fingerprint density at radius 1 is 0.388 bits per heavy atom. The fraction of sp³-hybridized carbons (Fsp3) is 0.829. The lowest BCUT2D eigenvalue weighted by atomic mass is 9.78. The number of alkyl halides is 3. The number of cyclic esters (lactones) is 1. The fourth-order valence-corrected chi connectivity index (χ4v) is 47.4. The number of carbonyl (C=O) groups is 2. The van der Waals surface area contributed by atoms with Crippen LogP contribution in [0.15, 0.2) is 96.9 Å². The monoisotopic (exact) mass is 2040 g/mol. The zero-order valence-electron chi connectivity index (χ0n) is 91.3. The molecule has 3 aliphatic heterocycles. The molecule has 3 aliphatic rings. The van der Waals surface area contributed by atoms with Crippen LogP contribution in [0.1, 0.15) is 273 Å². The Kier molecular flexibility index (Phi) is 57.6. The van der Waals surface area contributed by atoms with Crippen LogP contribution in [0.3, 0.4) is 0 Å². The molecule has 2 bridgehead atoms. The van der Waals surface area contributed by atoms with Gasteiger partial charge in [0.05, 0.1) is 84.7 Å². The van der Waals surface area contributed by atoms with Gasteiger partial charge in [-0.25, -0.2) is 0 Å². The Bertz CT molecular complexity index is 3430. The van der Waals surface area contributed by atoms with E-state index in [1.807, 2.05) is 93.7 Å². The molecule has 0 radical (unpaired) electrons. The molecule has 0 aliphatic carbocycles. The maximum atomic E-state index is 15.4. The summed E-state index contributed by atoms with van der Waals surface area (Å²) in [7, 11) is -22.7. The SMILES string of the molecule is CC[Si](CC)(CC)O[C@@H]1CC[C@@H](O[Si](CC)(CC)CC)[C@H](O[Si](CC)(CC)CC)C[C@H](O[Si](CC)(CC)CC)CC2=C[C@H](O[Si](CC)(CC)CC)C(C(C)(C)O)[C@H](C[C@@H](O[C@@H]3O[C@H](C)[C@@H](O[Si](CC)(CC)CC)[C@H](NC(=O)C(F)(F)F)[C@@H]3O[Si](CC)(CC)CC)C=CC=CC=CC=CC=CC=CC=C[C@H](C)[C@@H](O[Si](CC)(CC)CC)[C@H](C)[C@H](C)OC(=O)C[C@H](O[Si](CC)(CC)CC)C1)O2. The van der Waals surface area contributed by atoms with Crippen molar-refractivity contribution in [2.75, 3.05) is 0 Å². The highest BCUT2D eigenvalue weighted by molar-refractivity contribution is 6.77. The van der Waals surface area contributed by atoms with Gasteiger partial charge in [-0.1, -0.05) is 286 Å². The number of hydrogen-bond acceptors (Lipinski definition) is 16. The number of halogens is 3. The van der Waals surface area contributed by atoms with Crippen molar-refractivity contribution < 1.29 is 86.6 Å². The molecule has 1 amide bonds. The van der Waals surface area contributed by atoms with E-state index in [-0.39, 0.29) is 49.0 Å². The second-order valence-electron chi connectivity index (χ2n) is 40.2. The Hall–Kier alpha value is -2.08. The van der Waals surface area contributed by atoms with Crippen molar-refractivity contribution in [2.45, 2.75) is 540 Å². The van der Waals surface area contributed by atoms with Gasteiger partial charge in [0.25, 0.3) is 0 Å². The van der Waals surface area contributed by atoms with E-state index in [1.165, 1.54) is 0 Å². The molecule has 134 heavy (non-hydrogen) atoms. The number of ether oxygens (including phenoxy) is 4. The van der Waals surface area contributed by atoms with Crippen molar-refractivity contribution in [3.05, 3.63) is 96.9 Å². The Balaban J connectivity index is 2.89. The number of nitrogens with one attached hydrogen (secondary N) is 1. The van der Waals surface area contributed by atoms with Gasteiger partial charge in [0.1, 0.15) is 18.3 Å². The van der Waals surface area contributed by atoms with Gasteiger partial charge in [-0.3, -0.25) is 9.59 Å². The van der Waals surface area contributed by atoms with E-state index in [4.69, 9.17) is 58.8 Å². The third-order valence-corrected chi connectivity index (χ3v) is 75.4. The van der Waals surface area contributed by atoms with Crippen LogP contribution in [-0.2, 0) is 68.4 Å². The Labute approximate surface area is 827 Å². The van der Waals surface area contributed by atoms with Gasteiger partial charge in [-0.2, -0.15) is 13.2 Å². The van der Waals surface area contributed by atoms with Crippen LogP contribution in [0.2, 0.25) is 163 Å². The van der Waals surface area contributed by atoms with Gasteiger partial charge in [0.2, 0.25) is 0 Å². The average Bonchev–Trinajstić information content (AvgIpc) is 0.767. The van der Waals surface area contributed by atoms with Crippen LogP contribution >= 0.6 is 0 Å². The summed E-state index contributed by atoms with van der Waals surface area (Å²) in [6.07, 6.45) is 18.1. The number of esters is 1. The molecule has 3 rings (SSSR count). The summed E-state index contributed by atoms with van der Waals surface area (Å²) >= 11 is 0. The van der Waals surface area contributed by atoms with Gasteiger partial charge in [0, 0.05) is 31.3 Å². The molecular weight excluding hydrogens is 1840 g/mol. The lowest BCUT2D eigenvalue weighted by molar-refractivity contribution is -0.276. The molecule has 2 N–H and O–H groups in total. The molecule has 0 aromatic carbocycles. The highest BCUT2D eigenvalue weighted by atomic mass is 28.4. The first-order valence-corrected chi connectivity index (χ1v) is 77.0. The van der Waals surface area contributed by atoms with Crippen molar-refractivity contribution in [1.82, 2.24) is 5.32 Å². The molecular formula is C105H202F3NO16Si9. The number of rotatable bonds is 49. The summed E-state index contributed by atoms with van der Waals surface area (Å²) in [5.74, 6) is -2.51. The average molecular weight is 2040 g/mol. The number of allylic oxidation sites excluding steroid dienone is 12. The molecule has 17 nitrogen and oxygen atoms in total. The normalized spacial score (nSPS) is 26.8. The topological polar surface area (TPSA) is 186 Å². The standard InChI is InChI=1S/C105H202F3NO16Si9/c1-34-126(35-2,36-3)117-88-75-76-92(120-129(43-10,44-11)45-12)93(121-130(46-13,47-14)48-15)81-90(118-127(37-4,38-5)39-6)78-89-80-95(122-131(49-16,50-17)51-18)97(104(32,33)112)94(115-89)79-87(116-102-101(125-134(58-25,59-26)60-27)98(109-103(111)105(106,107)108)100(86(31)114-102)124-133(55-22,56-23)57-24)74-72-70-68-66-64-62-61-63-65-67-69-71-73-83(28)99(123-132(52-19,53-20)54-21)84(29)85(30)113-96(110)82-91(77-88)119-128(40-7,41-8)42-9/h61-74,80,83-88,90-95,97-102,112H,34-60,75-79,81-82H2,1-33H3,(H,109,111)/t83-,84+,85-,86+,87-,88+,90+,91+,92+,93+,94-,95-,97?,98-,99+,100+,101-,102-/m0/s1. The van der Waals surface area contributed by atoms with Crippen LogP contribution < -0.4 is 5.32 Å². The third-order valence-electron chi connectivity index (χ3n) is 33.4. The first-order chi connectivity index (χ1) is 63.5. The predicted octanol–water partition coefficient (Wildman–Crippen LogP) is 30.2. The Morgan fingerprint density at radius 2 is 0.724 bits per heavy atom. The largest absolute Gasteiger partial charge is 0.494 e. The van der Waals surface area contributed by atoms with Crippen LogP contribution in [0.5, 0.6) is 0 Å². The van der Waals surface area contributed by atoms with E-state index >= 15 is 18.0 Å². The maximum absolute atomic E-state index is 15.4. The summed E-state index contributed by atoms with van der Waals surface area (Å²) in [4.78, 5) is 29.3. The molecule has 0 aromatic heterocycles. The van der Waals surface area contributed by atoms with Gasteiger partial charge in [-0.15, -0.1) is 0 Å². The first-order valence-electron chi connectivity index (χ1n) is 54.2. The second-order valence-corrected chi connectivity index (χ2v) is 82.7. The van der Waals surface area contributed by atoms with Crippen molar-refractivity contribution >= 4 is 86.7 Å². The summed E-state index contributed by atoms with van der Waals surface area (Å²) < 4.78 is 146. The minimum Gasteiger partial charge on any atom is -0.494 e. The lowest BCUT2D eigenvalue weighted by Gasteiger charge is -2.51. The van der Waals surface area contributed by atoms with Gasteiger partial charge < -0.3 is 69.2 Å². The molecule has 1 unspecified atom stereocenters. The van der Waals surface area contributed by atoms with E-state index in [0.29, 0.717) is 74.1 Å². The van der Waals surface area contributed by atoms with Crippen LogP contribution in [0.4, 0.5) is 13.2 Å². The smallest absolute Gasteiger partial charge is 0.471 e. The lowest BCUT2D eigenvalue weighted by Crippen LogP contribution is -2.69. The summed E-state index contributed by atoms with van der Waals surface area (Å²) in [5, 5.41) is 15.8. The third kappa shape index (κ3) is 36.9. The van der Waals surface area contributed by atoms with Gasteiger partial charge in [0.15, 0.2) is 81.1 Å². The number of fused-ring (bicyclic) bond motifs is 2. The number of amides is 1. The van der Waals surface area contributed by atoms with Crippen molar-refractivity contribution in [2.24, 2.45) is 17.8 Å². The van der Waals surface area contributed by atoms with Gasteiger partial charge >= 0.3 is 18.1 Å². The zero-order valence-corrected chi connectivity index (χ0v) is 100. The molecule has 18 atom stereocenters. The zero-order chi connectivity index (χ0) is 101. The molecule has 0 saturated carbocycles. The summed E-state index contributed by atoms with van der Waals surface area (Å²) in [6.45, 7) is 72.6. The fourth-order valence-electron chi connectivity index (χ4n) is 21.3. The van der Waals surface area contributed by atoms with Crippen molar-refractivity contribution in [3.8, 4) is 0 Å². The molecule has 0 spiro atoms. The number of carbonyl (C=O) groups excluding carboxylic acids is 2. The minimum absolute atomic E-state index is 0.00553. The Morgan fingerprint density at radius 3 is 1.11 bits per heavy atom. The predicted molar refractivity (Wildman–Crippen MR) is 579 cm³/mol. The molecule has 1 saturated heterocycles. The molecule has 1 fully saturated rings. The maximum Gasteiger partial charge on any atom is 0.471 e. The highest BCUT2D eigenvalue weighted by Gasteiger charge is 2.57. The molecule has 29 heteroatoms. The highest BCUT2D eigenvalue weighted by Crippen LogP contribution is 2.46. The van der Waals surface area contributed by atoms with Gasteiger partial charge in [-0.05, 0) is 222 Å². The first kappa shape index (κ1) is 126. The second kappa shape index (κ2) is 61.3. The van der Waals surface area contributed by atoms with E-state index in [0.717, 1.165) is 127 Å². The molecule has 0 aromatic rings. The van der Waals surface area contributed by atoms with Crippen LogP contribution in [0.25, 0.3) is 0 Å². The van der Waals surface area contributed by atoms with E-state index in [2.05, 4.69) is 231 Å². The molecule has 780 valence electrons. The number of hydrogen-bond donors (Lipinski definition) is 2. The van der Waals surface area contributed by atoms with E-state index < -0.39 is 172 Å². The number of aliphatic hydroxyl groups is 1. The van der Waals surface area contributed by atoms with Crippen molar-refractivity contribution in [1.29, 1.82) is 0 Å². The molecule has 3 heterocycles. The van der Waals surface area contributed by atoms with Crippen molar-refractivity contribution in [3.63, 3.8) is 0 Å². The van der Waals surface area contributed by atoms with Crippen LogP contribution in [-0.4, -0.2) is 195 Å². The quantitative estimate of drug-likeness (QED) is 0.0432. The summed E-state index contributed by atoms with van der Waals surface area (Å²) in [6, 6.07) is 21.9. The minimum atomic E-state index is -5.24. The van der Waals surface area contributed by atoms with Crippen LogP contribution in [0, 0.1) is 17.8 Å². The van der Waals surface area contributed by atoms with E-state index in [1.54, 1.807) is 0 Å². The van der Waals surface area contributed by atoms with E-state index in [9.17, 15) is 9.90 Å².